The molecule has 1 aliphatic carbocycles. The average Bonchev–Trinajstić information content (AvgIpc) is 2.81. The van der Waals surface area contributed by atoms with E-state index in [1.54, 1.807) is 0 Å². The Morgan fingerprint density at radius 1 is 1.44 bits per heavy atom. The Labute approximate surface area is 110 Å². The molecule has 0 radical (unpaired) electrons. The largest absolute Gasteiger partial charge is 0.273 e. The maximum absolute atomic E-state index is 5.70. The van der Waals surface area contributed by atoms with Crippen LogP contribution >= 0.6 is 0 Å². The predicted molar refractivity (Wildman–Crippen MR) is 73.8 cm³/mol. The molecule has 4 heteroatoms. The Kier molecular flexibility index (Phi) is 5.20. The van der Waals surface area contributed by atoms with Gasteiger partial charge < -0.3 is 0 Å². The molecule has 0 amide bonds. The summed E-state index contributed by atoms with van der Waals surface area (Å²) < 4.78 is 1.95. The quantitative estimate of drug-likeness (QED) is 0.601. The highest BCUT2D eigenvalue weighted by Gasteiger charge is 2.18. The molecule has 102 valence electrons. The van der Waals surface area contributed by atoms with Gasteiger partial charge in [0.1, 0.15) is 0 Å². The normalized spacial score (nSPS) is 19.0. The Morgan fingerprint density at radius 3 is 2.83 bits per heavy atom. The molecule has 4 nitrogen and oxygen atoms in total. The molecule has 0 saturated heterocycles. The highest BCUT2D eigenvalue weighted by molar-refractivity contribution is 5.00. The molecule has 1 heterocycles. The molecule has 1 aromatic rings. The summed E-state index contributed by atoms with van der Waals surface area (Å²) in [6, 6.07) is 2.54. The maximum Gasteiger partial charge on any atom is 0.0492 e. The Bertz CT molecular complexity index is 341. The zero-order chi connectivity index (χ0) is 12.8. The molecule has 1 aromatic heterocycles. The minimum atomic E-state index is 0.447. The zero-order valence-corrected chi connectivity index (χ0v) is 11.4. The molecule has 1 fully saturated rings. The van der Waals surface area contributed by atoms with E-state index in [9.17, 15) is 0 Å². The van der Waals surface area contributed by atoms with Gasteiger partial charge in [-0.2, -0.15) is 5.10 Å². The van der Waals surface area contributed by atoms with E-state index in [1.807, 2.05) is 17.9 Å². The molecular formula is C14H26N4. The van der Waals surface area contributed by atoms with Crippen LogP contribution in [0.3, 0.4) is 0 Å². The van der Waals surface area contributed by atoms with E-state index < -0.39 is 0 Å². The third-order valence-corrected chi connectivity index (χ3v) is 4.25. The molecule has 0 bridgehead atoms. The molecule has 18 heavy (non-hydrogen) atoms. The van der Waals surface area contributed by atoms with Crippen molar-refractivity contribution in [3.05, 3.63) is 18.0 Å². The Hall–Kier alpha value is -0.870. The summed E-state index contributed by atoms with van der Waals surface area (Å²) in [5, 5.41) is 4.20. The maximum atomic E-state index is 5.70. The van der Waals surface area contributed by atoms with Crippen molar-refractivity contribution in [3.63, 3.8) is 0 Å². The first-order chi connectivity index (χ1) is 8.79. The molecule has 1 unspecified atom stereocenters. The second-order valence-electron chi connectivity index (χ2n) is 5.59. The van der Waals surface area contributed by atoms with Gasteiger partial charge in [-0.3, -0.25) is 16.0 Å². The number of nitrogens with zero attached hydrogens (tertiary/aromatic N) is 2. The lowest BCUT2D eigenvalue weighted by atomic mass is 9.84. The number of aromatic nitrogens is 2. The molecule has 1 atom stereocenters. The van der Waals surface area contributed by atoms with Crippen molar-refractivity contribution < 1.29 is 0 Å². The smallest absolute Gasteiger partial charge is 0.0492 e. The van der Waals surface area contributed by atoms with E-state index in [-0.39, 0.29) is 0 Å². The van der Waals surface area contributed by atoms with Gasteiger partial charge in [-0.1, -0.05) is 32.1 Å². The van der Waals surface area contributed by atoms with Crippen molar-refractivity contribution in [3.8, 4) is 0 Å². The minimum Gasteiger partial charge on any atom is -0.273 e. The van der Waals surface area contributed by atoms with Crippen LogP contribution in [0.25, 0.3) is 0 Å². The molecule has 1 aliphatic rings. The van der Waals surface area contributed by atoms with Gasteiger partial charge in [0.05, 0.1) is 0 Å². The van der Waals surface area contributed by atoms with E-state index in [0.29, 0.717) is 6.04 Å². The number of nitrogens with two attached hydrogens (primary N) is 1. The fourth-order valence-corrected chi connectivity index (χ4v) is 3.06. The minimum absolute atomic E-state index is 0.447. The van der Waals surface area contributed by atoms with Gasteiger partial charge in [0.15, 0.2) is 0 Å². The fraction of sp³-hybridized carbons (Fsp3) is 0.786. The number of hydrogen-bond acceptors (Lipinski definition) is 3. The van der Waals surface area contributed by atoms with Crippen molar-refractivity contribution >= 4 is 0 Å². The monoisotopic (exact) mass is 250 g/mol. The molecular weight excluding hydrogens is 224 g/mol. The molecule has 1 saturated carbocycles. The van der Waals surface area contributed by atoms with Gasteiger partial charge in [0, 0.05) is 25.0 Å². The van der Waals surface area contributed by atoms with Gasteiger partial charge >= 0.3 is 0 Å². The summed E-state index contributed by atoms with van der Waals surface area (Å²) in [5.74, 6) is 6.58. The van der Waals surface area contributed by atoms with Gasteiger partial charge in [-0.15, -0.1) is 0 Å². The lowest BCUT2D eigenvalue weighted by molar-refractivity contribution is 0.291. The standard InChI is InChI=1S/C14H26N4/c1-18-14(9-10-16-18)8-7-13(17-15)11-12-5-3-2-4-6-12/h9-10,12-13,17H,2-8,11,15H2,1H3. The predicted octanol–water partition coefficient (Wildman–Crippen LogP) is 2.16. The van der Waals surface area contributed by atoms with Gasteiger partial charge in [0.25, 0.3) is 0 Å². The topological polar surface area (TPSA) is 55.9 Å². The van der Waals surface area contributed by atoms with E-state index >= 15 is 0 Å². The van der Waals surface area contributed by atoms with Crippen molar-refractivity contribution in [1.82, 2.24) is 15.2 Å². The van der Waals surface area contributed by atoms with Gasteiger partial charge in [-0.25, -0.2) is 0 Å². The number of hydrogen-bond donors (Lipinski definition) is 2. The number of rotatable bonds is 6. The summed E-state index contributed by atoms with van der Waals surface area (Å²) in [5.41, 5.74) is 4.29. The first-order valence-electron chi connectivity index (χ1n) is 7.22. The lowest BCUT2D eigenvalue weighted by Crippen LogP contribution is -2.37. The van der Waals surface area contributed by atoms with Gasteiger partial charge in [-0.05, 0) is 31.2 Å². The van der Waals surface area contributed by atoms with E-state index in [2.05, 4.69) is 16.6 Å². The molecule has 2 rings (SSSR count). The van der Waals surface area contributed by atoms with Crippen molar-refractivity contribution in [2.45, 2.75) is 57.4 Å². The second kappa shape index (κ2) is 6.90. The number of nitrogens with one attached hydrogen (secondary N) is 1. The van der Waals surface area contributed by atoms with Gasteiger partial charge in [0.2, 0.25) is 0 Å². The third kappa shape index (κ3) is 3.82. The van der Waals surface area contributed by atoms with Crippen LogP contribution in [0.1, 0.15) is 50.6 Å². The van der Waals surface area contributed by atoms with Crippen LogP contribution < -0.4 is 11.3 Å². The van der Waals surface area contributed by atoms with Crippen LogP contribution in [0.4, 0.5) is 0 Å². The van der Waals surface area contributed by atoms with Crippen molar-refractivity contribution in [1.29, 1.82) is 0 Å². The summed E-state index contributed by atoms with van der Waals surface area (Å²) in [4.78, 5) is 0. The first-order valence-corrected chi connectivity index (χ1v) is 7.22. The SMILES string of the molecule is Cn1nccc1CCC(CC1CCCCC1)NN. The van der Waals surface area contributed by atoms with Crippen LogP contribution in [-0.2, 0) is 13.5 Å². The molecule has 0 aliphatic heterocycles. The molecule has 3 N–H and O–H groups in total. The number of hydrazine groups is 1. The van der Waals surface area contributed by atoms with Crippen LogP contribution in [0.15, 0.2) is 12.3 Å². The summed E-state index contributed by atoms with van der Waals surface area (Å²) >= 11 is 0. The summed E-state index contributed by atoms with van der Waals surface area (Å²) in [6.45, 7) is 0. The molecule has 0 spiro atoms. The first kappa shape index (κ1) is 13.6. The molecule has 0 aromatic carbocycles. The fourth-order valence-electron chi connectivity index (χ4n) is 3.06. The summed E-state index contributed by atoms with van der Waals surface area (Å²) in [6.07, 6.45) is 12.3. The lowest BCUT2D eigenvalue weighted by Gasteiger charge is -2.26. The van der Waals surface area contributed by atoms with E-state index in [1.165, 1.54) is 44.2 Å². The third-order valence-electron chi connectivity index (χ3n) is 4.25. The van der Waals surface area contributed by atoms with Crippen molar-refractivity contribution in [2.24, 2.45) is 18.8 Å². The average molecular weight is 250 g/mol. The van der Waals surface area contributed by atoms with Crippen LogP contribution in [-0.4, -0.2) is 15.8 Å². The van der Waals surface area contributed by atoms with E-state index in [4.69, 9.17) is 5.84 Å². The van der Waals surface area contributed by atoms with E-state index in [0.717, 1.165) is 18.8 Å². The number of aryl methyl sites for hydroxylation is 2. The Balaban J connectivity index is 1.76. The van der Waals surface area contributed by atoms with Crippen LogP contribution in [0, 0.1) is 5.92 Å². The summed E-state index contributed by atoms with van der Waals surface area (Å²) in [7, 11) is 2.00. The second-order valence-corrected chi connectivity index (χ2v) is 5.59. The zero-order valence-electron chi connectivity index (χ0n) is 11.4. The van der Waals surface area contributed by atoms with Crippen LogP contribution in [0.5, 0.6) is 0 Å². The Morgan fingerprint density at radius 2 is 2.22 bits per heavy atom. The highest BCUT2D eigenvalue weighted by Crippen LogP contribution is 2.28. The van der Waals surface area contributed by atoms with Crippen molar-refractivity contribution in [2.75, 3.05) is 0 Å². The highest BCUT2D eigenvalue weighted by atomic mass is 15.3. The van der Waals surface area contributed by atoms with Crippen LogP contribution in [0.2, 0.25) is 0 Å².